The fraction of sp³-hybridized carbons (Fsp3) is 0.381. The number of carbonyl (C=O) groups is 1. The van der Waals surface area contributed by atoms with Gasteiger partial charge in [-0.05, 0) is 54.7 Å². The van der Waals surface area contributed by atoms with E-state index in [1.165, 1.54) is 18.7 Å². The number of aryl methyl sites for hydroxylation is 1. The highest BCUT2D eigenvalue weighted by molar-refractivity contribution is 9.10. The highest BCUT2D eigenvalue weighted by atomic mass is 79.9. The zero-order valence-corrected chi connectivity index (χ0v) is 17.5. The maximum Gasteiger partial charge on any atom is 0.387 e. The van der Waals surface area contributed by atoms with Gasteiger partial charge in [0.25, 0.3) is 0 Å². The van der Waals surface area contributed by atoms with E-state index in [0.29, 0.717) is 13.0 Å². The number of unbranched alkanes of at least 4 members (excludes halogenated alkanes) is 1. The first-order valence-electron chi connectivity index (χ1n) is 8.99. The number of carbonyl (C=O) groups excluding carboxylic acids is 1. The van der Waals surface area contributed by atoms with Gasteiger partial charge in [-0.1, -0.05) is 34.1 Å². The molecule has 2 aromatic carbocycles. The number of hydrogen-bond donors (Lipinski definition) is 0. The molecule has 0 unspecified atom stereocenters. The average Bonchev–Trinajstić information content (AvgIpc) is 2.67. The molecule has 1 amide bonds. The third-order valence-corrected chi connectivity index (χ3v) is 4.84. The Bertz CT molecular complexity index is 769. The molecule has 28 heavy (non-hydrogen) atoms. The molecule has 2 aromatic rings. The Morgan fingerprint density at radius 1 is 1.07 bits per heavy atom. The summed E-state index contributed by atoms with van der Waals surface area (Å²) in [6.45, 7) is -2.54. The molecule has 0 saturated carbocycles. The van der Waals surface area contributed by atoms with E-state index in [1.54, 1.807) is 24.1 Å². The van der Waals surface area contributed by atoms with Crippen molar-refractivity contribution >= 4 is 21.8 Å². The second kappa shape index (κ2) is 11.0. The second-order valence-electron chi connectivity index (χ2n) is 6.45. The van der Waals surface area contributed by atoms with Crippen molar-refractivity contribution in [2.45, 2.75) is 38.8 Å². The molecule has 7 heteroatoms. The third kappa shape index (κ3) is 7.11. The first kappa shape index (κ1) is 22.1. The summed E-state index contributed by atoms with van der Waals surface area (Å²) in [5.41, 5.74) is 2.03. The van der Waals surface area contributed by atoms with Gasteiger partial charge in [0.2, 0.25) is 5.91 Å². The van der Waals surface area contributed by atoms with Gasteiger partial charge in [-0.25, -0.2) is 0 Å². The molecule has 0 aliphatic heterocycles. The zero-order chi connectivity index (χ0) is 20.5. The summed E-state index contributed by atoms with van der Waals surface area (Å²) in [7, 11) is 3.12. The van der Waals surface area contributed by atoms with Crippen LogP contribution in [0.1, 0.15) is 30.4 Å². The van der Waals surface area contributed by atoms with Gasteiger partial charge >= 0.3 is 6.61 Å². The molecule has 0 saturated heterocycles. The van der Waals surface area contributed by atoms with E-state index < -0.39 is 6.61 Å². The lowest BCUT2D eigenvalue weighted by Gasteiger charge is -2.18. The van der Waals surface area contributed by atoms with Crippen molar-refractivity contribution in [1.82, 2.24) is 4.90 Å². The van der Waals surface area contributed by atoms with E-state index in [1.807, 2.05) is 12.1 Å². The van der Waals surface area contributed by atoms with Gasteiger partial charge in [-0.15, -0.1) is 0 Å². The maximum atomic E-state index is 12.4. The Balaban J connectivity index is 1.80. The molecule has 0 spiro atoms. The third-order valence-electron chi connectivity index (χ3n) is 4.31. The van der Waals surface area contributed by atoms with E-state index >= 15 is 0 Å². The molecule has 0 radical (unpaired) electrons. The molecule has 152 valence electrons. The zero-order valence-electron chi connectivity index (χ0n) is 16.0. The Labute approximate surface area is 172 Å². The van der Waals surface area contributed by atoms with Crippen LogP contribution in [0.2, 0.25) is 0 Å². The van der Waals surface area contributed by atoms with Crippen molar-refractivity contribution in [2.24, 2.45) is 0 Å². The first-order valence-corrected chi connectivity index (χ1v) is 9.78. The number of methoxy groups -OCH3 is 1. The smallest absolute Gasteiger partial charge is 0.387 e. The first-order chi connectivity index (χ1) is 13.4. The minimum atomic E-state index is -2.92. The number of hydrogen-bond acceptors (Lipinski definition) is 3. The largest absolute Gasteiger partial charge is 0.493 e. The summed E-state index contributed by atoms with van der Waals surface area (Å²) in [4.78, 5) is 14.0. The predicted molar refractivity (Wildman–Crippen MR) is 108 cm³/mol. The van der Waals surface area contributed by atoms with Crippen LogP contribution in [-0.2, 0) is 17.8 Å². The summed E-state index contributed by atoms with van der Waals surface area (Å²) < 4.78 is 35.3. The number of nitrogens with zero attached hydrogens (tertiary/aromatic N) is 1. The molecule has 0 heterocycles. The van der Waals surface area contributed by atoms with Crippen LogP contribution in [-0.4, -0.2) is 31.6 Å². The summed E-state index contributed by atoms with van der Waals surface area (Å²) in [6, 6.07) is 12.9. The number of ether oxygens (including phenoxy) is 2. The van der Waals surface area contributed by atoms with Crippen LogP contribution in [0.25, 0.3) is 0 Å². The quantitative estimate of drug-likeness (QED) is 0.448. The lowest BCUT2D eigenvalue weighted by Crippen LogP contribution is -2.25. The van der Waals surface area contributed by atoms with Crippen LogP contribution >= 0.6 is 15.9 Å². The van der Waals surface area contributed by atoms with Crippen molar-refractivity contribution in [3.05, 3.63) is 58.1 Å². The monoisotopic (exact) mass is 455 g/mol. The molecular formula is C21H24BrF2NO3. The number of alkyl halides is 2. The van der Waals surface area contributed by atoms with Gasteiger partial charge in [-0.3, -0.25) is 4.79 Å². The number of halogens is 3. The highest BCUT2D eigenvalue weighted by Gasteiger charge is 2.13. The molecule has 4 nitrogen and oxygen atoms in total. The predicted octanol–water partition coefficient (Wildman–Crippen LogP) is 5.43. The van der Waals surface area contributed by atoms with Crippen LogP contribution in [0.15, 0.2) is 46.9 Å². The van der Waals surface area contributed by atoms with Crippen LogP contribution in [0, 0.1) is 0 Å². The standard InChI is InChI=1S/C21H24BrF2NO3/c1-25(14-16-9-12-18(28-21(23)24)19(13-16)27-2)20(26)6-4-3-5-15-7-10-17(22)11-8-15/h7-13,21H,3-6,14H2,1-2H3. The molecule has 0 aliphatic carbocycles. The van der Waals surface area contributed by atoms with Crippen molar-refractivity contribution in [2.75, 3.05) is 14.2 Å². The Morgan fingerprint density at radius 3 is 2.39 bits per heavy atom. The van der Waals surface area contributed by atoms with Crippen molar-refractivity contribution in [1.29, 1.82) is 0 Å². The summed E-state index contributed by atoms with van der Waals surface area (Å²) >= 11 is 3.41. The number of rotatable bonds is 10. The maximum absolute atomic E-state index is 12.4. The molecule has 0 atom stereocenters. The molecule has 0 N–H and O–H groups in total. The van der Waals surface area contributed by atoms with Crippen molar-refractivity contribution < 1.29 is 23.0 Å². The van der Waals surface area contributed by atoms with E-state index in [9.17, 15) is 13.6 Å². The van der Waals surface area contributed by atoms with E-state index in [4.69, 9.17) is 4.74 Å². The molecule has 0 aliphatic rings. The fourth-order valence-electron chi connectivity index (χ4n) is 2.81. The number of amides is 1. The SMILES string of the molecule is COc1cc(CN(C)C(=O)CCCCc2ccc(Br)cc2)ccc1OC(F)F. The van der Waals surface area contributed by atoms with E-state index in [2.05, 4.69) is 32.8 Å². The van der Waals surface area contributed by atoms with Crippen LogP contribution in [0.4, 0.5) is 8.78 Å². The van der Waals surface area contributed by atoms with Gasteiger partial charge in [0.1, 0.15) is 0 Å². The van der Waals surface area contributed by atoms with Gasteiger partial charge < -0.3 is 14.4 Å². The summed E-state index contributed by atoms with van der Waals surface area (Å²) in [6.07, 6.45) is 3.15. The van der Waals surface area contributed by atoms with E-state index in [-0.39, 0.29) is 17.4 Å². The van der Waals surface area contributed by atoms with Gasteiger partial charge in [0, 0.05) is 24.5 Å². The van der Waals surface area contributed by atoms with E-state index in [0.717, 1.165) is 29.3 Å². The molecular weight excluding hydrogens is 432 g/mol. The van der Waals surface area contributed by atoms with Crippen molar-refractivity contribution in [3.8, 4) is 11.5 Å². The van der Waals surface area contributed by atoms with Gasteiger partial charge in [0.05, 0.1) is 7.11 Å². The minimum Gasteiger partial charge on any atom is -0.493 e. The summed E-state index contributed by atoms with van der Waals surface area (Å²) in [5.74, 6) is 0.235. The topological polar surface area (TPSA) is 38.8 Å². The lowest BCUT2D eigenvalue weighted by molar-refractivity contribution is -0.130. The molecule has 0 bridgehead atoms. The summed E-state index contributed by atoms with van der Waals surface area (Å²) in [5, 5.41) is 0. The molecule has 0 aromatic heterocycles. The average molecular weight is 456 g/mol. The lowest BCUT2D eigenvalue weighted by atomic mass is 10.1. The minimum absolute atomic E-state index is 0.0248. The molecule has 2 rings (SSSR count). The fourth-order valence-corrected chi connectivity index (χ4v) is 3.08. The van der Waals surface area contributed by atoms with Crippen LogP contribution in [0.5, 0.6) is 11.5 Å². The normalized spacial score (nSPS) is 10.8. The Kier molecular flexibility index (Phi) is 8.70. The molecule has 0 fully saturated rings. The van der Waals surface area contributed by atoms with Crippen LogP contribution in [0.3, 0.4) is 0 Å². The van der Waals surface area contributed by atoms with Crippen molar-refractivity contribution in [3.63, 3.8) is 0 Å². The highest BCUT2D eigenvalue weighted by Crippen LogP contribution is 2.29. The van der Waals surface area contributed by atoms with Gasteiger partial charge in [-0.2, -0.15) is 8.78 Å². The Morgan fingerprint density at radius 2 is 1.75 bits per heavy atom. The second-order valence-corrected chi connectivity index (χ2v) is 7.36. The van der Waals surface area contributed by atoms with Crippen LogP contribution < -0.4 is 9.47 Å². The number of benzene rings is 2. The van der Waals surface area contributed by atoms with Gasteiger partial charge in [0.15, 0.2) is 11.5 Å². The Hall–Kier alpha value is -2.15.